The first-order valence-corrected chi connectivity index (χ1v) is 11.0. The van der Waals surface area contributed by atoms with Gasteiger partial charge in [0.25, 0.3) is 5.91 Å². The van der Waals surface area contributed by atoms with Crippen molar-refractivity contribution in [3.63, 3.8) is 0 Å². The number of hydrogen-bond donors (Lipinski definition) is 1. The molecule has 156 valence electrons. The van der Waals surface area contributed by atoms with E-state index in [0.717, 1.165) is 19.3 Å². The van der Waals surface area contributed by atoms with Gasteiger partial charge in [-0.2, -0.15) is 4.98 Å². The molecule has 29 heavy (non-hydrogen) atoms. The van der Waals surface area contributed by atoms with Gasteiger partial charge >= 0.3 is 0 Å². The van der Waals surface area contributed by atoms with Gasteiger partial charge in [0.2, 0.25) is 15.9 Å². The molecular weight excluding hydrogens is 396 g/mol. The SMILES string of the molecule is CC(C)(C)NS(=O)(=O)c1ccc2c(c1)N(Cc1noc(C3CCC3)n1)C(=O)CO2. The van der Waals surface area contributed by atoms with E-state index in [1.165, 1.54) is 17.0 Å². The Morgan fingerprint density at radius 2 is 2.03 bits per heavy atom. The lowest BCUT2D eigenvalue weighted by molar-refractivity contribution is -0.121. The van der Waals surface area contributed by atoms with E-state index in [-0.39, 0.29) is 24.0 Å². The van der Waals surface area contributed by atoms with E-state index < -0.39 is 15.6 Å². The maximum atomic E-state index is 12.7. The first-order chi connectivity index (χ1) is 13.6. The molecule has 1 saturated carbocycles. The lowest BCUT2D eigenvalue weighted by Crippen LogP contribution is -2.41. The first kappa shape index (κ1) is 19.8. The van der Waals surface area contributed by atoms with Gasteiger partial charge in [0.05, 0.1) is 17.1 Å². The van der Waals surface area contributed by atoms with Crippen LogP contribution in [0.25, 0.3) is 0 Å². The molecule has 0 unspecified atom stereocenters. The molecule has 0 spiro atoms. The fourth-order valence-electron chi connectivity index (χ4n) is 3.28. The minimum absolute atomic E-state index is 0.0535. The van der Waals surface area contributed by atoms with Gasteiger partial charge in [-0.3, -0.25) is 9.69 Å². The van der Waals surface area contributed by atoms with Crippen LogP contribution >= 0.6 is 0 Å². The van der Waals surface area contributed by atoms with Gasteiger partial charge in [-0.05, 0) is 51.8 Å². The molecule has 1 fully saturated rings. The number of benzene rings is 1. The Morgan fingerprint density at radius 3 is 2.69 bits per heavy atom. The second-order valence-corrected chi connectivity index (χ2v) is 10.1. The van der Waals surface area contributed by atoms with E-state index in [9.17, 15) is 13.2 Å². The maximum absolute atomic E-state index is 12.7. The summed E-state index contributed by atoms with van der Waals surface area (Å²) in [4.78, 5) is 18.4. The second kappa shape index (κ2) is 7.10. The Morgan fingerprint density at radius 1 is 1.28 bits per heavy atom. The molecule has 1 aliphatic carbocycles. The number of carbonyl (C=O) groups is 1. The monoisotopic (exact) mass is 420 g/mol. The van der Waals surface area contributed by atoms with Crippen molar-refractivity contribution in [1.29, 1.82) is 0 Å². The lowest BCUT2D eigenvalue weighted by Gasteiger charge is -2.29. The second-order valence-electron chi connectivity index (χ2n) is 8.43. The number of nitrogens with one attached hydrogen (secondary N) is 1. The third kappa shape index (κ3) is 4.13. The van der Waals surface area contributed by atoms with E-state index in [2.05, 4.69) is 14.9 Å². The number of carbonyl (C=O) groups excluding carboxylic acids is 1. The normalized spacial score (nSPS) is 17.6. The molecule has 9 nitrogen and oxygen atoms in total. The summed E-state index contributed by atoms with van der Waals surface area (Å²) in [5, 5.41) is 3.99. The van der Waals surface area contributed by atoms with Gasteiger partial charge in [0.1, 0.15) is 5.75 Å². The van der Waals surface area contributed by atoms with Crippen LogP contribution < -0.4 is 14.4 Å². The summed E-state index contributed by atoms with van der Waals surface area (Å²) >= 11 is 0. The number of ether oxygens (including phenoxy) is 1. The summed E-state index contributed by atoms with van der Waals surface area (Å²) in [5.74, 6) is 1.41. The molecule has 1 aromatic heterocycles. The number of aromatic nitrogens is 2. The Labute approximate surface area is 169 Å². The zero-order valence-corrected chi connectivity index (χ0v) is 17.5. The fourth-order valence-corrected chi connectivity index (χ4v) is 4.72. The van der Waals surface area contributed by atoms with Crippen molar-refractivity contribution in [1.82, 2.24) is 14.9 Å². The van der Waals surface area contributed by atoms with Gasteiger partial charge in [-0.25, -0.2) is 13.1 Å². The average Bonchev–Trinajstić information content (AvgIpc) is 3.01. The molecule has 0 bridgehead atoms. The minimum atomic E-state index is -3.76. The van der Waals surface area contributed by atoms with E-state index in [4.69, 9.17) is 9.26 Å². The number of anilines is 1. The third-order valence-corrected chi connectivity index (χ3v) is 6.62. The molecule has 2 aromatic rings. The van der Waals surface area contributed by atoms with Gasteiger partial charge in [0.15, 0.2) is 12.4 Å². The lowest BCUT2D eigenvalue weighted by atomic mass is 9.85. The Balaban J connectivity index is 1.63. The van der Waals surface area contributed by atoms with Crippen LogP contribution in [0, 0.1) is 0 Å². The van der Waals surface area contributed by atoms with Gasteiger partial charge in [0, 0.05) is 11.5 Å². The summed E-state index contributed by atoms with van der Waals surface area (Å²) in [6, 6.07) is 4.46. The van der Waals surface area contributed by atoms with Crippen LogP contribution in [0.4, 0.5) is 5.69 Å². The molecule has 1 aliphatic heterocycles. The summed E-state index contributed by atoms with van der Waals surface area (Å²) in [6.45, 7) is 5.24. The van der Waals surface area contributed by atoms with Crippen molar-refractivity contribution in [2.75, 3.05) is 11.5 Å². The van der Waals surface area contributed by atoms with Gasteiger partial charge in [-0.1, -0.05) is 11.6 Å². The highest BCUT2D eigenvalue weighted by Gasteiger charge is 2.31. The fraction of sp³-hybridized carbons (Fsp3) is 0.526. The van der Waals surface area contributed by atoms with E-state index in [1.54, 1.807) is 26.8 Å². The summed E-state index contributed by atoms with van der Waals surface area (Å²) in [7, 11) is -3.76. The van der Waals surface area contributed by atoms with Crippen LogP contribution in [0.5, 0.6) is 5.75 Å². The quantitative estimate of drug-likeness (QED) is 0.789. The number of sulfonamides is 1. The molecule has 1 amide bonds. The van der Waals surface area contributed by atoms with Crippen LogP contribution in [0.15, 0.2) is 27.6 Å². The molecule has 0 atom stereocenters. The van der Waals surface area contributed by atoms with Crippen molar-refractivity contribution < 1.29 is 22.5 Å². The van der Waals surface area contributed by atoms with E-state index in [1.807, 2.05) is 0 Å². The average molecular weight is 420 g/mol. The minimum Gasteiger partial charge on any atom is -0.482 e. The van der Waals surface area contributed by atoms with E-state index in [0.29, 0.717) is 29.1 Å². The van der Waals surface area contributed by atoms with Gasteiger partial charge in [-0.15, -0.1) is 0 Å². The van der Waals surface area contributed by atoms with E-state index >= 15 is 0 Å². The number of fused-ring (bicyclic) bond motifs is 1. The molecule has 0 saturated heterocycles. The smallest absolute Gasteiger partial charge is 0.265 e. The number of nitrogens with zero attached hydrogens (tertiary/aromatic N) is 3. The molecule has 0 radical (unpaired) electrons. The number of rotatable bonds is 5. The van der Waals surface area contributed by atoms with Crippen LogP contribution in [0.3, 0.4) is 0 Å². The van der Waals surface area contributed by atoms with Crippen molar-refractivity contribution in [3.05, 3.63) is 29.9 Å². The molecule has 2 aliphatic rings. The predicted octanol–water partition coefficient (Wildman–Crippen LogP) is 2.34. The first-order valence-electron chi connectivity index (χ1n) is 9.56. The zero-order chi connectivity index (χ0) is 20.8. The number of amides is 1. The maximum Gasteiger partial charge on any atom is 0.265 e. The summed E-state index contributed by atoms with van der Waals surface area (Å²) in [6.07, 6.45) is 3.21. The molecule has 1 aromatic carbocycles. The Bertz CT molecular complexity index is 1040. The Kier molecular flexibility index (Phi) is 4.86. The standard InChI is InChI=1S/C19H24N4O5S/c1-19(2,3)22-29(25,26)13-7-8-15-14(9-13)23(17(24)11-27-15)10-16-20-18(28-21-16)12-5-4-6-12/h7-9,12,22H,4-6,10-11H2,1-3H3. The molecule has 10 heteroatoms. The highest BCUT2D eigenvalue weighted by atomic mass is 32.2. The van der Waals surface area contributed by atoms with Crippen LogP contribution in [-0.4, -0.2) is 36.6 Å². The highest BCUT2D eigenvalue weighted by Crippen LogP contribution is 2.37. The zero-order valence-electron chi connectivity index (χ0n) is 16.6. The van der Waals surface area contributed by atoms with Crippen LogP contribution in [-0.2, 0) is 21.4 Å². The summed E-state index contributed by atoms with van der Waals surface area (Å²) in [5.41, 5.74) is -0.267. The highest BCUT2D eigenvalue weighted by molar-refractivity contribution is 7.89. The van der Waals surface area contributed by atoms with Crippen molar-refractivity contribution >= 4 is 21.6 Å². The molecular formula is C19H24N4O5S. The van der Waals surface area contributed by atoms with Crippen molar-refractivity contribution in [2.24, 2.45) is 0 Å². The molecule has 2 heterocycles. The molecule has 1 N–H and O–H groups in total. The largest absolute Gasteiger partial charge is 0.482 e. The molecule has 4 rings (SSSR count). The predicted molar refractivity (Wildman–Crippen MR) is 104 cm³/mol. The van der Waals surface area contributed by atoms with Gasteiger partial charge < -0.3 is 9.26 Å². The number of hydrogen-bond acceptors (Lipinski definition) is 7. The third-order valence-electron chi connectivity index (χ3n) is 4.86. The van der Waals surface area contributed by atoms with Crippen molar-refractivity contribution in [2.45, 2.75) is 62.9 Å². The van der Waals surface area contributed by atoms with Crippen LogP contribution in [0.2, 0.25) is 0 Å². The Hall–Kier alpha value is -2.46. The topological polar surface area (TPSA) is 115 Å². The van der Waals surface area contributed by atoms with Crippen LogP contribution in [0.1, 0.15) is 57.7 Å². The summed E-state index contributed by atoms with van der Waals surface area (Å²) < 4.78 is 38.8. The van der Waals surface area contributed by atoms with Crippen molar-refractivity contribution in [3.8, 4) is 5.75 Å².